The Labute approximate surface area is 54.2 Å². The van der Waals surface area contributed by atoms with Crippen molar-refractivity contribution in [2.45, 2.75) is 13.3 Å². The van der Waals surface area contributed by atoms with Crippen LogP contribution >= 0.6 is 0 Å². The molecule has 0 radical (unpaired) electrons. The number of oxazole rings is 1. The average molecular weight is 123 g/mol. The second kappa shape index (κ2) is 3.07. The first-order chi connectivity index (χ1) is 4.43. The van der Waals surface area contributed by atoms with Crippen molar-refractivity contribution in [3.63, 3.8) is 0 Å². The fourth-order valence-corrected chi connectivity index (χ4v) is 0.535. The lowest BCUT2D eigenvalue weighted by Gasteiger charge is -1.77. The van der Waals surface area contributed by atoms with Crippen LogP contribution in [0.5, 0.6) is 0 Å². The van der Waals surface area contributed by atoms with Crippen LogP contribution in [-0.2, 0) is 0 Å². The number of allylic oxidation sites excluding steroid dienone is 1. The molecule has 0 unspecified atom stereocenters. The minimum Gasteiger partial charge on any atom is -0.445 e. The highest BCUT2D eigenvalue weighted by molar-refractivity contribution is 5.36. The number of rotatable bonds is 2. The van der Waals surface area contributed by atoms with E-state index in [0.29, 0.717) is 5.89 Å². The van der Waals surface area contributed by atoms with Gasteiger partial charge in [0.15, 0.2) is 0 Å². The van der Waals surface area contributed by atoms with Gasteiger partial charge in [0.05, 0.1) is 6.20 Å². The number of aromatic nitrogens is 1. The second-order valence-electron chi connectivity index (χ2n) is 1.68. The molecule has 0 aliphatic heterocycles. The van der Waals surface area contributed by atoms with Crippen molar-refractivity contribution in [1.82, 2.24) is 4.98 Å². The Morgan fingerprint density at radius 1 is 1.78 bits per heavy atom. The molecule has 1 rings (SSSR count). The first-order valence-electron chi connectivity index (χ1n) is 2.99. The molecule has 0 aromatic carbocycles. The SMILES string of the molecule is CC/C=C\c1ncco1. The molecular weight excluding hydrogens is 114 g/mol. The minimum atomic E-state index is 0.678. The highest BCUT2D eigenvalue weighted by atomic mass is 16.3. The van der Waals surface area contributed by atoms with Crippen molar-refractivity contribution < 1.29 is 4.42 Å². The van der Waals surface area contributed by atoms with E-state index in [0.717, 1.165) is 6.42 Å². The summed E-state index contributed by atoms with van der Waals surface area (Å²) in [6, 6.07) is 0. The maximum Gasteiger partial charge on any atom is 0.218 e. The zero-order chi connectivity index (χ0) is 6.53. The maximum atomic E-state index is 4.94. The van der Waals surface area contributed by atoms with E-state index in [2.05, 4.69) is 11.9 Å². The summed E-state index contributed by atoms with van der Waals surface area (Å²) in [5.41, 5.74) is 0. The summed E-state index contributed by atoms with van der Waals surface area (Å²) in [4.78, 5) is 3.90. The van der Waals surface area contributed by atoms with Crippen LogP contribution in [0.25, 0.3) is 6.08 Å². The Morgan fingerprint density at radius 3 is 3.22 bits per heavy atom. The monoisotopic (exact) mass is 123 g/mol. The molecular formula is C7H9NO. The highest BCUT2D eigenvalue weighted by Crippen LogP contribution is 1.97. The van der Waals surface area contributed by atoms with Crippen molar-refractivity contribution in [3.05, 3.63) is 24.4 Å². The van der Waals surface area contributed by atoms with Crippen molar-refractivity contribution in [1.29, 1.82) is 0 Å². The van der Waals surface area contributed by atoms with E-state index in [-0.39, 0.29) is 0 Å². The Bertz CT molecular complexity index is 177. The van der Waals surface area contributed by atoms with Crippen molar-refractivity contribution in [2.75, 3.05) is 0 Å². The molecule has 0 bridgehead atoms. The fraction of sp³-hybridized carbons (Fsp3) is 0.286. The average Bonchev–Trinajstić information content (AvgIpc) is 2.34. The van der Waals surface area contributed by atoms with Gasteiger partial charge in [-0.05, 0) is 12.5 Å². The molecule has 48 valence electrons. The number of hydrogen-bond acceptors (Lipinski definition) is 2. The predicted octanol–water partition coefficient (Wildman–Crippen LogP) is 2.10. The molecule has 0 amide bonds. The van der Waals surface area contributed by atoms with Gasteiger partial charge in [0.2, 0.25) is 5.89 Å². The van der Waals surface area contributed by atoms with E-state index in [1.807, 2.05) is 12.2 Å². The number of nitrogens with zero attached hydrogens (tertiary/aromatic N) is 1. The van der Waals surface area contributed by atoms with Gasteiger partial charge in [-0.2, -0.15) is 0 Å². The molecule has 0 aliphatic carbocycles. The molecule has 2 nitrogen and oxygen atoms in total. The third-order valence-corrected chi connectivity index (χ3v) is 0.948. The zero-order valence-electron chi connectivity index (χ0n) is 5.37. The van der Waals surface area contributed by atoms with Crippen molar-refractivity contribution in [2.24, 2.45) is 0 Å². The highest BCUT2D eigenvalue weighted by Gasteiger charge is 1.84. The van der Waals surface area contributed by atoms with Gasteiger partial charge in [-0.3, -0.25) is 0 Å². The van der Waals surface area contributed by atoms with Gasteiger partial charge in [0.25, 0.3) is 0 Å². The quantitative estimate of drug-likeness (QED) is 0.601. The summed E-state index contributed by atoms with van der Waals surface area (Å²) < 4.78 is 4.94. The molecule has 0 spiro atoms. The van der Waals surface area contributed by atoms with Crippen LogP contribution in [0.4, 0.5) is 0 Å². The lowest BCUT2D eigenvalue weighted by molar-refractivity contribution is 0.546. The minimum absolute atomic E-state index is 0.678. The van der Waals surface area contributed by atoms with Gasteiger partial charge in [-0.1, -0.05) is 13.0 Å². The van der Waals surface area contributed by atoms with Gasteiger partial charge >= 0.3 is 0 Å². The molecule has 9 heavy (non-hydrogen) atoms. The van der Waals surface area contributed by atoms with Crippen LogP contribution in [0.1, 0.15) is 19.2 Å². The lowest BCUT2D eigenvalue weighted by atomic mass is 10.4. The van der Waals surface area contributed by atoms with E-state index in [1.54, 1.807) is 12.5 Å². The molecule has 2 heteroatoms. The summed E-state index contributed by atoms with van der Waals surface area (Å²) >= 11 is 0. The Morgan fingerprint density at radius 2 is 2.67 bits per heavy atom. The molecule has 0 fully saturated rings. The molecule has 1 heterocycles. The van der Waals surface area contributed by atoms with E-state index in [9.17, 15) is 0 Å². The van der Waals surface area contributed by atoms with Crippen LogP contribution < -0.4 is 0 Å². The smallest absolute Gasteiger partial charge is 0.218 e. The van der Waals surface area contributed by atoms with E-state index >= 15 is 0 Å². The molecule has 0 atom stereocenters. The molecule has 0 aliphatic rings. The van der Waals surface area contributed by atoms with E-state index in [1.165, 1.54) is 0 Å². The van der Waals surface area contributed by atoms with Gasteiger partial charge in [0.1, 0.15) is 6.26 Å². The van der Waals surface area contributed by atoms with E-state index in [4.69, 9.17) is 4.42 Å². The summed E-state index contributed by atoms with van der Waals surface area (Å²) in [6.45, 7) is 2.07. The molecule has 0 N–H and O–H groups in total. The van der Waals surface area contributed by atoms with E-state index < -0.39 is 0 Å². The maximum absolute atomic E-state index is 4.94. The fourth-order valence-electron chi connectivity index (χ4n) is 0.535. The standard InChI is InChI=1S/C7H9NO/c1-2-3-4-7-8-5-6-9-7/h3-6H,2H2,1H3/b4-3-. The van der Waals surface area contributed by atoms with Crippen LogP contribution in [0.2, 0.25) is 0 Å². The Balaban J connectivity index is 2.57. The molecule has 0 saturated heterocycles. The summed E-state index contributed by atoms with van der Waals surface area (Å²) in [5.74, 6) is 0.678. The molecule has 1 aromatic heterocycles. The van der Waals surface area contributed by atoms with Crippen LogP contribution in [0.15, 0.2) is 23.0 Å². The van der Waals surface area contributed by atoms with Crippen LogP contribution in [-0.4, -0.2) is 4.98 Å². The summed E-state index contributed by atoms with van der Waals surface area (Å²) in [5, 5.41) is 0. The third kappa shape index (κ3) is 1.72. The third-order valence-electron chi connectivity index (χ3n) is 0.948. The summed E-state index contributed by atoms with van der Waals surface area (Å²) in [6.07, 6.45) is 8.08. The van der Waals surface area contributed by atoms with Gasteiger partial charge < -0.3 is 4.42 Å². The molecule has 1 aromatic rings. The molecule has 0 saturated carbocycles. The van der Waals surface area contributed by atoms with Crippen LogP contribution in [0.3, 0.4) is 0 Å². The normalized spacial score (nSPS) is 10.8. The zero-order valence-corrected chi connectivity index (χ0v) is 5.37. The van der Waals surface area contributed by atoms with Gasteiger partial charge in [-0.15, -0.1) is 0 Å². The van der Waals surface area contributed by atoms with Crippen LogP contribution in [0, 0.1) is 0 Å². The lowest BCUT2D eigenvalue weighted by Crippen LogP contribution is -1.65. The Kier molecular flexibility index (Phi) is 2.07. The first-order valence-corrected chi connectivity index (χ1v) is 2.99. The largest absolute Gasteiger partial charge is 0.445 e. The van der Waals surface area contributed by atoms with Crippen molar-refractivity contribution >= 4 is 6.08 Å². The topological polar surface area (TPSA) is 26.0 Å². The Hall–Kier alpha value is -1.05. The van der Waals surface area contributed by atoms with Gasteiger partial charge in [-0.25, -0.2) is 4.98 Å². The second-order valence-corrected chi connectivity index (χ2v) is 1.68. The van der Waals surface area contributed by atoms with Crippen molar-refractivity contribution in [3.8, 4) is 0 Å². The predicted molar refractivity (Wildman–Crippen MR) is 35.8 cm³/mol. The number of hydrogen-bond donors (Lipinski definition) is 0. The summed E-state index contributed by atoms with van der Waals surface area (Å²) in [7, 11) is 0. The first kappa shape index (κ1) is 6.08. The van der Waals surface area contributed by atoms with Gasteiger partial charge in [0, 0.05) is 0 Å².